The molecule has 9 heteroatoms. The molecule has 2 aromatic rings. The first-order valence-corrected chi connectivity index (χ1v) is 8.68. The van der Waals surface area contributed by atoms with E-state index >= 15 is 0 Å². The summed E-state index contributed by atoms with van der Waals surface area (Å²) < 4.78 is 2.34. The van der Waals surface area contributed by atoms with Gasteiger partial charge in [0.1, 0.15) is 0 Å². The lowest BCUT2D eigenvalue weighted by atomic mass is 10.1. The van der Waals surface area contributed by atoms with E-state index in [1.807, 2.05) is 27.0 Å². The van der Waals surface area contributed by atoms with Crippen molar-refractivity contribution in [1.29, 1.82) is 0 Å². The number of nitrogens with zero attached hydrogens (tertiary/aromatic N) is 4. The normalized spacial score (nSPS) is 11.4. The molecule has 0 fully saturated rings. The van der Waals surface area contributed by atoms with Crippen LogP contribution >= 0.6 is 24.0 Å². The average Bonchev–Trinajstić information content (AvgIpc) is 2.87. The van der Waals surface area contributed by atoms with Gasteiger partial charge in [-0.3, -0.25) is 15.5 Å². The molecule has 1 N–H and O–H groups in total. The fourth-order valence-electron chi connectivity index (χ4n) is 2.36. The number of non-ortho nitro benzene ring substituents is 1. The summed E-state index contributed by atoms with van der Waals surface area (Å²) in [5, 5.41) is 19.6. The fraction of sp³-hybridized carbons (Fsp3) is 0.267. The predicted molar refractivity (Wildman–Crippen MR) is 101 cm³/mol. The maximum atomic E-state index is 10.8. The van der Waals surface area contributed by atoms with Gasteiger partial charge in [-0.15, -0.1) is 0 Å². The summed E-state index contributed by atoms with van der Waals surface area (Å²) in [6, 6.07) is 6.28. The number of nitro benzene ring substituents is 1. The SMILES string of the molecule is CSC(=S)NN=C(C)c1c(C)nn(-c2ccc([N+](=O)[O-])cc2)c1C. The Morgan fingerprint density at radius 2 is 2.00 bits per heavy atom. The van der Waals surface area contributed by atoms with Crippen LogP contribution in [0.1, 0.15) is 23.9 Å². The summed E-state index contributed by atoms with van der Waals surface area (Å²) in [7, 11) is 0. The van der Waals surface area contributed by atoms with Gasteiger partial charge in [0.2, 0.25) is 0 Å². The molecular weight excluding hydrogens is 346 g/mol. The second-order valence-electron chi connectivity index (χ2n) is 5.03. The van der Waals surface area contributed by atoms with Crippen molar-refractivity contribution in [2.24, 2.45) is 5.10 Å². The quantitative estimate of drug-likeness (QED) is 0.388. The summed E-state index contributed by atoms with van der Waals surface area (Å²) in [5.41, 5.74) is 7.05. The Hall–Kier alpha value is -2.26. The number of thioether (sulfide) groups is 1. The summed E-state index contributed by atoms with van der Waals surface area (Å²) in [6.07, 6.45) is 1.88. The molecule has 1 aromatic heterocycles. The largest absolute Gasteiger partial charge is 0.269 e. The number of aryl methyl sites for hydroxylation is 1. The number of benzene rings is 1. The lowest BCUT2D eigenvalue weighted by molar-refractivity contribution is -0.384. The second kappa shape index (κ2) is 7.54. The minimum absolute atomic E-state index is 0.0491. The molecule has 24 heavy (non-hydrogen) atoms. The van der Waals surface area contributed by atoms with Crippen LogP contribution in [0.4, 0.5) is 5.69 Å². The van der Waals surface area contributed by atoms with Crippen molar-refractivity contribution in [1.82, 2.24) is 15.2 Å². The highest BCUT2D eigenvalue weighted by atomic mass is 32.2. The lowest BCUT2D eigenvalue weighted by Gasteiger charge is -2.06. The zero-order valence-electron chi connectivity index (χ0n) is 13.7. The van der Waals surface area contributed by atoms with E-state index < -0.39 is 4.92 Å². The van der Waals surface area contributed by atoms with E-state index in [0.29, 0.717) is 4.32 Å². The van der Waals surface area contributed by atoms with E-state index in [-0.39, 0.29) is 5.69 Å². The highest BCUT2D eigenvalue weighted by Gasteiger charge is 2.16. The first kappa shape index (κ1) is 18.1. The van der Waals surface area contributed by atoms with E-state index in [9.17, 15) is 10.1 Å². The van der Waals surface area contributed by atoms with Gasteiger partial charge in [0.05, 0.1) is 27.7 Å². The van der Waals surface area contributed by atoms with E-state index in [2.05, 4.69) is 15.6 Å². The van der Waals surface area contributed by atoms with Crippen LogP contribution in [0.3, 0.4) is 0 Å². The Balaban J connectivity index is 2.38. The molecule has 0 aliphatic heterocycles. The van der Waals surface area contributed by atoms with Crippen molar-refractivity contribution in [3.8, 4) is 5.69 Å². The summed E-state index contributed by atoms with van der Waals surface area (Å²) in [5.74, 6) is 0. The molecule has 0 aliphatic carbocycles. The number of rotatable bonds is 4. The van der Waals surface area contributed by atoms with E-state index in [0.717, 1.165) is 28.4 Å². The van der Waals surface area contributed by atoms with Gasteiger partial charge in [-0.25, -0.2) is 4.68 Å². The van der Waals surface area contributed by atoms with E-state index in [1.54, 1.807) is 16.8 Å². The van der Waals surface area contributed by atoms with Crippen molar-refractivity contribution in [2.75, 3.05) is 6.26 Å². The maximum Gasteiger partial charge on any atom is 0.269 e. The summed E-state index contributed by atoms with van der Waals surface area (Å²) in [4.78, 5) is 10.3. The zero-order valence-corrected chi connectivity index (χ0v) is 15.4. The Bertz CT molecular complexity index is 812. The van der Waals surface area contributed by atoms with Crippen LogP contribution in [0.25, 0.3) is 5.69 Å². The summed E-state index contributed by atoms with van der Waals surface area (Å²) >= 11 is 6.49. The molecule has 1 heterocycles. The van der Waals surface area contributed by atoms with Crippen LogP contribution in [0.15, 0.2) is 29.4 Å². The van der Waals surface area contributed by atoms with Crippen molar-refractivity contribution >= 4 is 39.7 Å². The smallest absolute Gasteiger partial charge is 0.262 e. The number of aromatic nitrogens is 2. The highest BCUT2D eigenvalue weighted by Crippen LogP contribution is 2.21. The van der Waals surface area contributed by atoms with Gasteiger partial charge in [0, 0.05) is 17.7 Å². The third-order valence-corrected chi connectivity index (χ3v) is 4.51. The Morgan fingerprint density at radius 1 is 1.38 bits per heavy atom. The molecular formula is C15H17N5O2S2. The number of hydrazone groups is 1. The molecule has 0 unspecified atom stereocenters. The van der Waals surface area contributed by atoms with E-state index in [1.165, 1.54) is 23.9 Å². The first-order valence-electron chi connectivity index (χ1n) is 7.04. The van der Waals surface area contributed by atoms with Crippen molar-refractivity contribution in [3.05, 3.63) is 51.3 Å². The molecule has 2 rings (SSSR count). The summed E-state index contributed by atoms with van der Waals surface area (Å²) in [6.45, 7) is 5.71. The molecule has 0 atom stereocenters. The van der Waals surface area contributed by atoms with Crippen LogP contribution < -0.4 is 5.43 Å². The van der Waals surface area contributed by atoms with Crippen LogP contribution in [-0.2, 0) is 0 Å². The van der Waals surface area contributed by atoms with Gasteiger partial charge < -0.3 is 0 Å². The standard InChI is InChI=1S/C15H17N5O2S2/c1-9(16-17-15(23)24-4)14-10(2)18-19(11(14)3)12-5-7-13(8-6-12)20(21)22/h5-8H,1-4H3,(H,17,23). The molecule has 0 spiro atoms. The third kappa shape index (κ3) is 3.80. The van der Waals surface area contributed by atoms with Gasteiger partial charge >= 0.3 is 0 Å². The van der Waals surface area contributed by atoms with Gasteiger partial charge in [0.15, 0.2) is 4.32 Å². The molecule has 126 valence electrons. The van der Waals surface area contributed by atoms with Gasteiger partial charge in [-0.05, 0) is 39.2 Å². The molecule has 0 aliphatic rings. The van der Waals surface area contributed by atoms with E-state index in [4.69, 9.17) is 12.2 Å². The van der Waals surface area contributed by atoms with Crippen LogP contribution in [0, 0.1) is 24.0 Å². The van der Waals surface area contributed by atoms with Gasteiger partial charge in [-0.1, -0.05) is 24.0 Å². The number of hydrogen-bond donors (Lipinski definition) is 1. The number of thiocarbonyl (C=S) groups is 1. The van der Waals surface area contributed by atoms with Gasteiger partial charge in [-0.2, -0.15) is 10.2 Å². The second-order valence-corrected chi connectivity index (χ2v) is 6.51. The highest BCUT2D eigenvalue weighted by molar-refractivity contribution is 8.22. The lowest BCUT2D eigenvalue weighted by Crippen LogP contribution is -2.14. The zero-order chi connectivity index (χ0) is 17.9. The van der Waals surface area contributed by atoms with Crippen LogP contribution in [0.2, 0.25) is 0 Å². The number of nitro groups is 1. The van der Waals surface area contributed by atoms with Crippen molar-refractivity contribution in [3.63, 3.8) is 0 Å². The monoisotopic (exact) mass is 363 g/mol. The maximum absolute atomic E-state index is 10.8. The fourth-order valence-corrected chi connectivity index (χ4v) is 2.55. The van der Waals surface area contributed by atoms with Crippen molar-refractivity contribution < 1.29 is 4.92 Å². The molecule has 1 aromatic carbocycles. The average molecular weight is 363 g/mol. The number of nitrogens with one attached hydrogen (secondary N) is 1. The predicted octanol–water partition coefficient (Wildman–Crippen LogP) is 3.36. The molecule has 0 bridgehead atoms. The Labute approximate surface area is 149 Å². The Kier molecular flexibility index (Phi) is 5.68. The first-order chi connectivity index (χ1) is 11.3. The topological polar surface area (TPSA) is 85.3 Å². The Morgan fingerprint density at radius 3 is 2.54 bits per heavy atom. The van der Waals surface area contributed by atoms with Crippen LogP contribution in [-0.4, -0.2) is 31.0 Å². The minimum atomic E-state index is -0.423. The van der Waals surface area contributed by atoms with Gasteiger partial charge in [0.25, 0.3) is 5.69 Å². The van der Waals surface area contributed by atoms with Crippen molar-refractivity contribution in [2.45, 2.75) is 20.8 Å². The van der Waals surface area contributed by atoms with Crippen LogP contribution in [0.5, 0.6) is 0 Å². The molecule has 0 saturated carbocycles. The minimum Gasteiger partial charge on any atom is -0.262 e. The molecule has 7 nitrogen and oxygen atoms in total. The number of hydrogen-bond acceptors (Lipinski definition) is 6. The molecule has 0 saturated heterocycles. The third-order valence-electron chi connectivity index (χ3n) is 3.46. The molecule has 0 amide bonds. The molecule has 0 radical (unpaired) electrons.